The van der Waals surface area contributed by atoms with Gasteiger partial charge in [-0.2, -0.15) is 5.10 Å². The van der Waals surface area contributed by atoms with Crippen molar-refractivity contribution in [3.63, 3.8) is 0 Å². The lowest BCUT2D eigenvalue weighted by molar-refractivity contribution is -0.118. The first-order valence-electron chi connectivity index (χ1n) is 8.31. The Balaban J connectivity index is 1.63. The molecule has 0 radical (unpaired) electrons. The normalized spacial score (nSPS) is 17.1. The monoisotopic (exact) mass is 333 g/mol. The molecule has 1 atom stereocenters. The Morgan fingerprint density at radius 3 is 2.76 bits per heavy atom. The molecule has 1 aromatic heterocycles. The molecule has 25 heavy (non-hydrogen) atoms. The zero-order valence-electron chi connectivity index (χ0n) is 14.0. The zero-order chi connectivity index (χ0) is 17.2. The number of nitrogens with one attached hydrogen (secondary N) is 1. The van der Waals surface area contributed by atoms with Gasteiger partial charge in [0.2, 0.25) is 5.91 Å². The van der Waals surface area contributed by atoms with Gasteiger partial charge >= 0.3 is 0 Å². The number of H-pyrrole nitrogens is 1. The number of benzene rings is 2. The molecule has 1 aliphatic rings. The second-order valence-corrected chi connectivity index (χ2v) is 6.11. The molecule has 4 rings (SSSR count). The number of rotatable bonds is 4. The van der Waals surface area contributed by atoms with Gasteiger partial charge in [0.1, 0.15) is 5.75 Å². The molecule has 0 bridgehead atoms. The number of nitrogens with zero attached hydrogens (tertiary/aromatic N) is 2. The minimum atomic E-state index is -0.0688. The summed E-state index contributed by atoms with van der Waals surface area (Å²) in [6.07, 6.45) is 4.41. The molecular weight excluding hydrogens is 314 g/mol. The van der Waals surface area contributed by atoms with Crippen molar-refractivity contribution < 1.29 is 9.53 Å². The van der Waals surface area contributed by atoms with E-state index in [2.05, 4.69) is 10.2 Å². The Morgan fingerprint density at radius 1 is 1.20 bits per heavy atom. The van der Waals surface area contributed by atoms with Gasteiger partial charge in [0.25, 0.3) is 0 Å². The minimum absolute atomic E-state index is 0.0688. The van der Waals surface area contributed by atoms with Gasteiger partial charge in [-0.05, 0) is 24.1 Å². The molecule has 5 nitrogen and oxygen atoms in total. The Hall–Kier alpha value is -3.08. The summed E-state index contributed by atoms with van der Waals surface area (Å²) in [6.45, 7) is 0.715. The van der Waals surface area contributed by atoms with E-state index in [-0.39, 0.29) is 11.8 Å². The highest BCUT2D eigenvalue weighted by Gasteiger charge is 2.33. The van der Waals surface area contributed by atoms with Crippen molar-refractivity contribution in [3.05, 3.63) is 66.5 Å². The van der Waals surface area contributed by atoms with Gasteiger partial charge in [-0.3, -0.25) is 9.89 Å². The summed E-state index contributed by atoms with van der Waals surface area (Å²) >= 11 is 0. The Bertz CT molecular complexity index is 875. The number of carbonyl (C=O) groups is 1. The second-order valence-electron chi connectivity index (χ2n) is 6.11. The van der Waals surface area contributed by atoms with Crippen LogP contribution in [-0.2, 0) is 4.79 Å². The summed E-state index contributed by atoms with van der Waals surface area (Å²) in [7, 11) is 1.64. The molecule has 2 heterocycles. The standard InChI is InChI=1S/C20H19N3O2/c1-25-19-11-16(7-8-17(19)15-12-21-22-13-15)23-10-9-18(20(23)24)14-5-3-2-4-6-14/h2-8,11-13,18H,9-10H2,1H3,(H,21,22)/t18-/m1/s1. The summed E-state index contributed by atoms with van der Waals surface area (Å²) in [4.78, 5) is 14.7. The molecule has 126 valence electrons. The second kappa shape index (κ2) is 6.43. The third-order valence-corrected chi connectivity index (χ3v) is 4.71. The third kappa shape index (κ3) is 2.78. The molecule has 0 unspecified atom stereocenters. The van der Waals surface area contributed by atoms with Gasteiger partial charge in [-0.1, -0.05) is 30.3 Å². The van der Waals surface area contributed by atoms with Gasteiger partial charge in [0.15, 0.2) is 0 Å². The lowest BCUT2D eigenvalue weighted by Crippen LogP contribution is -2.26. The van der Waals surface area contributed by atoms with Crippen molar-refractivity contribution in [2.75, 3.05) is 18.6 Å². The highest BCUT2D eigenvalue weighted by Crippen LogP contribution is 2.37. The van der Waals surface area contributed by atoms with E-state index in [0.29, 0.717) is 6.54 Å². The Morgan fingerprint density at radius 2 is 2.04 bits per heavy atom. The average Bonchev–Trinajstić information content (AvgIpc) is 3.32. The number of anilines is 1. The van der Waals surface area contributed by atoms with Crippen LogP contribution in [0.25, 0.3) is 11.1 Å². The molecule has 1 saturated heterocycles. The van der Waals surface area contributed by atoms with Crippen LogP contribution in [0.3, 0.4) is 0 Å². The smallest absolute Gasteiger partial charge is 0.234 e. The summed E-state index contributed by atoms with van der Waals surface area (Å²) in [5, 5.41) is 6.79. The number of methoxy groups -OCH3 is 1. The number of hydrogen-bond acceptors (Lipinski definition) is 3. The SMILES string of the molecule is COc1cc(N2CC[C@H](c3ccccc3)C2=O)ccc1-c1cn[nH]c1. The maximum Gasteiger partial charge on any atom is 0.234 e. The summed E-state index contributed by atoms with van der Waals surface area (Å²) in [5.74, 6) is 0.805. The van der Waals surface area contributed by atoms with Crippen molar-refractivity contribution >= 4 is 11.6 Å². The molecule has 5 heteroatoms. The van der Waals surface area contributed by atoms with Crippen LogP contribution in [0.1, 0.15) is 17.9 Å². The Kier molecular flexibility index (Phi) is 3.98. The molecule has 1 N–H and O–H groups in total. The maximum absolute atomic E-state index is 12.9. The van der Waals surface area contributed by atoms with Crippen LogP contribution in [0.4, 0.5) is 5.69 Å². The summed E-state index contributed by atoms with van der Waals surface area (Å²) in [6, 6.07) is 15.8. The quantitative estimate of drug-likeness (QED) is 0.793. The van der Waals surface area contributed by atoms with Crippen LogP contribution in [0.15, 0.2) is 60.9 Å². The van der Waals surface area contributed by atoms with Gasteiger partial charge in [-0.15, -0.1) is 0 Å². The van der Waals surface area contributed by atoms with E-state index in [1.165, 1.54) is 0 Å². The fourth-order valence-electron chi connectivity index (χ4n) is 3.42. The largest absolute Gasteiger partial charge is 0.496 e. The summed E-state index contributed by atoms with van der Waals surface area (Å²) < 4.78 is 5.54. The zero-order valence-corrected chi connectivity index (χ0v) is 14.0. The van der Waals surface area contributed by atoms with Crippen LogP contribution in [0, 0.1) is 0 Å². The first kappa shape index (κ1) is 15.4. The van der Waals surface area contributed by atoms with E-state index in [4.69, 9.17) is 4.74 Å². The van der Waals surface area contributed by atoms with Crippen LogP contribution in [-0.4, -0.2) is 29.8 Å². The molecule has 0 spiro atoms. The van der Waals surface area contributed by atoms with Crippen molar-refractivity contribution in [1.29, 1.82) is 0 Å². The highest BCUT2D eigenvalue weighted by atomic mass is 16.5. The molecule has 1 amide bonds. The van der Waals surface area contributed by atoms with E-state index in [1.807, 2.05) is 59.6 Å². The molecule has 2 aromatic carbocycles. The molecule has 1 fully saturated rings. The number of aromatic amines is 1. The number of carbonyl (C=O) groups excluding carboxylic acids is 1. The maximum atomic E-state index is 12.9. The fraction of sp³-hybridized carbons (Fsp3) is 0.200. The lowest BCUT2D eigenvalue weighted by atomic mass is 9.98. The van der Waals surface area contributed by atoms with E-state index >= 15 is 0 Å². The first-order chi connectivity index (χ1) is 12.3. The minimum Gasteiger partial charge on any atom is -0.496 e. The number of amides is 1. The van der Waals surface area contributed by atoms with Crippen LogP contribution in [0.5, 0.6) is 5.75 Å². The molecule has 0 saturated carbocycles. The van der Waals surface area contributed by atoms with Gasteiger partial charge < -0.3 is 9.64 Å². The number of hydrogen-bond donors (Lipinski definition) is 1. The van der Waals surface area contributed by atoms with E-state index in [9.17, 15) is 4.79 Å². The predicted octanol–water partition coefficient (Wildman–Crippen LogP) is 3.61. The van der Waals surface area contributed by atoms with Crippen molar-refractivity contribution in [2.24, 2.45) is 0 Å². The highest BCUT2D eigenvalue weighted by molar-refractivity contribution is 6.00. The molecular formula is C20H19N3O2. The third-order valence-electron chi connectivity index (χ3n) is 4.71. The number of ether oxygens (including phenoxy) is 1. The van der Waals surface area contributed by atoms with Crippen molar-refractivity contribution in [3.8, 4) is 16.9 Å². The fourth-order valence-corrected chi connectivity index (χ4v) is 3.42. The van der Waals surface area contributed by atoms with Crippen LogP contribution < -0.4 is 9.64 Å². The Labute approximate surface area is 146 Å². The molecule has 3 aromatic rings. The first-order valence-corrected chi connectivity index (χ1v) is 8.31. The van der Waals surface area contributed by atoms with Gasteiger partial charge in [0, 0.05) is 35.6 Å². The molecule has 0 aliphatic carbocycles. The van der Waals surface area contributed by atoms with Gasteiger partial charge in [0.05, 0.1) is 19.2 Å². The average molecular weight is 333 g/mol. The van der Waals surface area contributed by atoms with E-state index in [0.717, 1.165) is 34.5 Å². The van der Waals surface area contributed by atoms with Crippen molar-refractivity contribution in [1.82, 2.24) is 10.2 Å². The predicted molar refractivity (Wildman–Crippen MR) is 96.7 cm³/mol. The van der Waals surface area contributed by atoms with E-state index in [1.54, 1.807) is 13.3 Å². The lowest BCUT2D eigenvalue weighted by Gasteiger charge is -2.19. The topological polar surface area (TPSA) is 58.2 Å². The molecule has 1 aliphatic heterocycles. The van der Waals surface area contributed by atoms with Gasteiger partial charge in [-0.25, -0.2) is 0 Å². The van der Waals surface area contributed by atoms with Crippen LogP contribution in [0.2, 0.25) is 0 Å². The van der Waals surface area contributed by atoms with Crippen molar-refractivity contribution in [2.45, 2.75) is 12.3 Å². The summed E-state index contributed by atoms with van der Waals surface area (Å²) in [5.41, 5.74) is 3.86. The van der Waals surface area contributed by atoms with Crippen LogP contribution >= 0.6 is 0 Å². The van der Waals surface area contributed by atoms with E-state index < -0.39 is 0 Å². The number of aromatic nitrogens is 2.